The van der Waals surface area contributed by atoms with Gasteiger partial charge in [0, 0.05) is 19.5 Å². The fourth-order valence-corrected chi connectivity index (χ4v) is 3.67. The number of hydrogen-bond acceptors (Lipinski definition) is 3. The summed E-state index contributed by atoms with van der Waals surface area (Å²) < 4.78 is 60.9. The van der Waals surface area contributed by atoms with Gasteiger partial charge in [-0.25, -0.2) is 12.7 Å². The first-order valence-electron chi connectivity index (χ1n) is 5.99. The summed E-state index contributed by atoms with van der Waals surface area (Å²) in [5.41, 5.74) is 5.50. The lowest BCUT2D eigenvalue weighted by atomic mass is 10.0. The van der Waals surface area contributed by atoms with Crippen LogP contribution in [0.4, 0.5) is 13.2 Å². The van der Waals surface area contributed by atoms with E-state index in [-0.39, 0.29) is 12.3 Å². The van der Waals surface area contributed by atoms with Crippen molar-refractivity contribution in [2.75, 3.05) is 25.4 Å². The molecular weight excluding hydrogens is 269 g/mol. The molecule has 0 aromatic rings. The molecule has 1 rings (SSSR count). The first-order chi connectivity index (χ1) is 8.24. The van der Waals surface area contributed by atoms with E-state index in [1.807, 2.05) is 0 Å². The number of rotatable bonds is 5. The third-order valence-electron chi connectivity index (χ3n) is 3.07. The van der Waals surface area contributed by atoms with Crippen molar-refractivity contribution >= 4 is 10.0 Å². The van der Waals surface area contributed by atoms with Gasteiger partial charge in [0.2, 0.25) is 10.0 Å². The quantitative estimate of drug-likeness (QED) is 0.830. The van der Waals surface area contributed by atoms with E-state index in [1.165, 1.54) is 4.31 Å². The van der Waals surface area contributed by atoms with E-state index in [9.17, 15) is 21.6 Å². The summed E-state index contributed by atoms with van der Waals surface area (Å²) in [5.74, 6) is -0.319. The van der Waals surface area contributed by atoms with E-state index in [0.29, 0.717) is 19.6 Å². The van der Waals surface area contributed by atoms with Gasteiger partial charge in [-0.2, -0.15) is 13.2 Å². The third kappa shape index (κ3) is 5.11. The Morgan fingerprint density at radius 3 is 2.56 bits per heavy atom. The minimum Gasteiger partial charge on any atom is -0.330 e. The predicted molar refractivity (Wildman–Crippen MR) is 62.4 cm³/mol. The van der Waals surface area contributed by atoms with E-state index in [0.717, 1.165) is 12.8 Å². The largest absolute Gasteiger partial charge is 0.389 e. The third-order valence-corrected chi connectivity index (χ3v) is 4.99. The highest BCUT2D eigenvalue weighted by Crippen LogP contribution is 2.23. The van der Waals surface area contributed by atoms with E-state index in [1.54, 1.807) is 0 Å². The van der Waals surface area contributed by atoms with Gasteiger partial charge >= 0.3 is 6.18 Å². The average Bonchev–Trinajstić information content (AvgIpc) is 2.27. The summed E-state index contributed by atoms with van der Waals surface area (Å²) in [4.78, 5) is 0. The molecule has 0 bridgehead atoms. The molecule has 0 aromatic carbocycles. The predicted octanol–water partition coefficient (Wildman–Crippen LogP) is 1.33. The van der Waals surface area contributed by atoms with Gasteiger partial charge in [0.15, 0.2) is 0 Å². The Balaban J connectivity index is 2.47. The lowest BCUT2D eigenvalue weighted by Crippen LogP contribution is -2.43. The number of halogens is 3. The SMILES string of the molecule is NCC1CCCN(S(=O)(=O)CCCC(F)(F)F)C1. The summed E-state index contributed by atoms with van der Waals surface area (Å²) in [6, 6.07) is 0. The Morgan fingerprint density at radius 1 is 1.33 bits per heavy atom. The monoisotopic (exact) mass is 288 g/mol. The summed E-state index contributed by atoms with van der Waals surface area (Å²) in [7, 11) is -3.57. The lowest BCUT2D eigenvalue weighted by molar-refractivity contribution is -0.134. The van der Waals surface area contributed by atoms with E-state index < -0.39 is 28.4 Å². The summed E-state index contributed by atoms with van der Waals surface area (Å²) in [5, 5.41) is 0. The number of hydrogen-bond donors (Lipinski definition) is 1. The molecule has 1 fully saturated rings. The zero-order chi connectivity index (χ0) is 13.8. The van der Waals surface area contributed by atoms with Gasteiger partial charge in [-0.15, -0.1) is 0 Å². The Hall–Kier alpha value is -0.340. The Labute approximate surface area is 105 Å². The fraction of sp³-hybridized carbons (Fsp3) is 1.00. The summed E-state index contributed by atoms with van der Waals surface area (Å²) >= 11 is 0. The van der Waals surface area contributed by atoms with Crippen LogP contribution in [0.2, 0.25) is 0 Å². The van der Waals surface area contributed by atoms with Crippen LogP contribution in [0.5, 0.6) is 0 Å². The maximum absolute atomic E-state index is 12.0. The van der Waals surface area contributed by atoms with Crippen LogP contribution in [-0.4, -0.2) is 44.3 Å². The van der Waals surface area contributed by atoms with Crippen molar-refractivity contribution in [3.05, 3.63) is 0 Å². The normalized spacial score (nSPS) is 23.2. The first-order valence-corrected chi connectivity index (χ1v) is 7.60. The second kappa shape index (κ2) is 6.21. The molecule has 1 heterocycles. The molecule has 2 N–H and O–H groups in total. The van der Waals surface area contributed by atoms with Crippen LogP contribution in [0.3, 0.4) is 0 Å². The van der Waals surface area contributed by atoms with Gasteiger partial charge in [0.05, 0.1) is 5.75 Å². The molecule has 0 aliphatic carbocycles. The molecule has 108 valence electrons. The molecule has 1 atom stereocenters. The van der Waals surface area contributed by atoms with Gasteiger partial charge in [0.25, 0.3) is 0 Å². The molecule has 0 radical (unpaired) electrons. The maximum Gasteiger partial charge on any atom is 0.389 e. The fourth-order valence-electron chi connectivity index (χ4n) is 2.06. The highest BCUT2D eigenvalue weighted by Gasteiger charge is 2.31. The number of nitrogens with two attached hydrogens (primary N) is 1. The van der Waals surface area contributed by atoms with Gasteiger partial charge in [-0.3, -0.25) is 0 Å². The van der Waals surface area contributed by atoms with E-state index in [2.05, 4.69) is 0 Å². The van der Waals surface area contributed by atoms with E-state index in [4.69, 9.17) is 5.73 Å². The molecule has 0 amide bonds. The minimum absolute atomic E-state index is 0.121. The zero-order valence-corrected chi connectivity index (χ0v) is 10.9. The molecule has 1 unspecified atom stereocenters. The number of piperidine rings is 1. The zero-order valence-electron chi connectivity index (χ0n) is 10.1. The van der Waals surface area contributed by atoms with Crippen LogP contribution in [-0.2, 0) is 10.0 Å². The Kier molecular flexibility index (Phi) is 5.42. The van der Waals surface area contributed by atoms with Gasteiger partial charge in [0.1, 0.15) is 0 Å². The van der Waals surface area contributed by atoms with Crippen molar-refractivity contribution in [2.24, 2.45) is 11.7 Å². The number of alkyl halides is 3. The van der Waals surface area contributed by atoms with Crippen molar-refractivity contribution in [3.8, 4) is 0 Å². The molecular formula is C10H19F3N2O2S. The van der Waals surface area contributed by atoms with Crippen LogP contribution >= 0.6 is 0 Å². The standard InChI is InChI=1S/C10H19F3N2O2S/c11-10(12,13)4-2-6-18(16,17)15-5-1-3-9(7-14)8-15/h9H,1-8,14H2. The molecule has 0 saturated carbocycles. The molecule has 18 heavy (non-hydrogen) atoms. The van der Waals surface area contributed by atoms with E-state index >= 15 is 0 Å². The van der Waals surface area contributed by atoms with Crippen LogP contribution in [0, 0.1) is 5.92 Å². The number of nitrogens with zero attached hydrogens (tertiary/aromatic N) is 1. The first kappa shape index (κ1) is 15.7. The van der Waals surface area contributed by atoms with Crippen LogP contribution in [0.25, 0.3) is 0 Å². The maximum atomic E-state index is 12.0. The van der Waals surface area contributed by atoms with Crippen molar-refractivity contribution in [3.63, 3.8) is 0 Å². The van der Waals surface area contributed by atoms with Gasteiger partial charge in [-0.05, 0) is 31.7 Å². The summed E-state index contributed by atoms with van der Waals surface area (Å²) in [6.45, 7) is 1.14. The smallest absolute Gasteiger partial charge is 0.330 e. The molecule has 0 aromatic heterocycles. The molecule has 1 saturated heterocycles. The highest BCUT2D eigenvalue weighted by molar-refractivity contribution is 7.89. The molecule has 4 nitrogen and oxygen atoms in total. The van der Waals surface area contributed by atoms with Crippen molar-refractivity contribution in [1.29, 1.82) is 0 Å². The molecule has 1 aliphatic heterocycles. The van der Waals surface area contributed by atoms with Crippen LogP contribution in [0.1, 0.15) is 25.7 Å². The second-order valence-electron chi connectivity index (χ2n) is 4.64. The summed E-state index contributed by atoms with van der Waals surface area (Å²) in [6.07, 6.45) is -4.13. The topological polar surface area (TPSA) is 63.4 Å². The molecule has 1 aliphatic rings. The van der Waals surface area contributed by atoms with Crippen molar-refractivity contribution in [1.82, 2.24) is 4.31 Å². The minimum atomic E-state index is -4.29. The molecule has 0 spiro atoms. The molecule has 8 heteroatoms. The number of sulfonamides is 1. The van der Waals surface area contributed by atoms with Crippen molar-refractivity contribution in [2.45, 2.75) is 31.9 Å². The highest BCUT2D eigenvalue weighted by atomic mass is 32.2. The Morgan fingerprint density at radius 2 is 2.00 bits per heavy atom. The van der Waals surface area contributed by atoms with Gasteiger partial charge < -0.3 is 5.73 Å². The Bertz CT molecular complexity index is 357. The van der Waals surface area contributed by atoms with Crippen molar-refractivity contribution < 1.29 is 21.6 Å². The van der Waals surface area contributed by atoms with Gasteiger partial charge in [-0.1, -0.05) is 0 Å². The second-order valence-corrected chi connectivity index (χ2v) is 6.73. The van der Waals surface area contributed by atoms with Crippen LogP contribution < -0.4 is 5.73 Å². The lowest BCUT2D eigenvalue weighted by Gasteiger charge is -2.31. The average molecular weight is 288 g/mol. The van der Waals surface area contributed by atoms with Crippen LogP contribution in [0.15, 0.2) is 0 Å².